The molecule has 7 heteroatoms. The average Bonchev–Trinajstić information content (AvgIpc) is 3.02. The summed E-state index contributed by atoms with van der Waals surface area (Å²) in [5.74, 6) is -0.197. The number of carbonyl (C=O) groups is 1. The van der Waals surface area contributed by atoms with Crippen molar-refractivity contribution in [3.63, 3.8) is 0 Å². The van der Waals surface area contributed by atoms with Gasteiger partial charge in [-0.25, -0.2) is 4.39 Å². The van der Waals surface area contributed by atoms with Gasteiger partial charge in [0.1, 0.15) is 5.82 Å². The fourth-order valence-corrected chi connectivity index (χ4v) is 4.19. The van der Waals surface area contributed by atoms with Gasteiger partial charge in [0.25, 0.3) is 5.91 Å². The number of rotatable bonds is 8. The maximum absolute atomic E-state index is 13.5. The molecule has 4 rings (SSSR count). The van der Waals surface area contributed by atoms with Crippen LogP contribution >= 0.6 is 0 Å². The molecule has 2 aromatic carbocycles. The van der Waals surface area contributed by atoms with E-state index in [4.69, 9.17) is 4.74 Å². The molecule has 3 N–H and O–H groups in total. The van der Waals surface area contributed by atoms with Crippen molar-refractivity contribution in [1.29, 1.82) is 0 Å². The molecule has 1 aliphatic rings. The predicted octanol–water partition coefficient (Wildman–Crippen LogP) is 3.90. The largest absolute Gasteiger partial charge is 0.383 e. The Balaban J connectivity index is 1.55. The number of hydrogen-bond acceptors (Lipinski definition) is 4. The Morgan fingerprint density at radius 1 is 1.22 bits per heavy atom. The Hall–Kier alpha value is -2.90. The Morgan fingerprint density at radius 2 is 2.00 bits per heavy atom. The minimum Gasteiger partial charge on any atom is -0.383 e. The van der Waals surface area contributed by atoms with Crippen molar-refractivity contribution in [3.05, 3.63) is 64.1 Å². The summed E-state index contributed by atoms with van der Waals surface area (Å²) in [5.41, 5.74) is 6.67. The van der Waals surface area contributed by atoms with Gasteiger partial charge < -0.3 is 25.3 Å². The summed E-state index contributed by atoms with van der Waals surface area (Å²) in [6.45, 7) is 9.40. The fourth-order valence-electron chi connectivity index (χ4n) is 4.19. The third-order valence-corrected chi connectivity index (χ3v) is 6.35. The molecule has 1 amide bonds. The third-order valence-electron chi connectivity index (χ3n) is 6.35. The summed E-state index contributed by atoms with van der Waals surface area (Å²) < 4.78 is 18.5. The van der Waals surface area contributed by atoms with Gasteiger partial charge in [0.05, 0.1) is 17.8 Å². The molecule has 0 radical (unpaired) electrons. The molecule has 2 heterocycles. The quantitative estimate of drug-likeness (QED) is 0.467. The molecule has 1 fully saturated rings. The van der Waals surface area contributed by atoms with E-state index in [2.05, 4.69) is 22.5 Å². The summed E-state index contributed by atoms with van der Waals surface area (Å²) in [5, 5.41) is 7.91. The molecule has 0 spiro atoms. The van der Waals surface area contributed by atoms with Crippen LogP contribution in [0, 0.1) is 26.6 Å². The van der Waals surface area contributed by atoms with Crippen molar-refractivity contribution < 1.29 is 13.9 Å². The predicted molar refractivity (Wildman–Crippen MR) is 126 cm³/mol. The Kier molecular flexibility index (Phi) is 6.48. The number of carbonyl (C=O) groups excluding carboxylic acids is 1. The summed E-state index contributed by atoms with van der Waals surface area (Å²) in [7, 11) is 1.68. The highest BCUT2D eigenvalue weighted by molar-refractivity contribution is 6.04. The first-order valence-electron chi connectivity index (χ1n) is 11.0. The van der Waals surface area contributed by atoms with Crippen LogP contribution in [0.3, 0.4) is 0 Å². The second-order valence-corrected chi connectivity index (χ2v) is 8.60. The monoisotopic (exact) mass is 438 g/mol. The first kappa shape index (κ1) is 22.3. The van der Waals surface area contributed by atoms with Crippen molar-refractivity contribution in [2.75, 3.05) is 38.7 Å². The van der Waals surface area contributed by atoms with E-state index in [0.717, 1.165) is 45.5 Å². The van der Waals surface area contributed by atoms with Gasteiger partial charge in [0.2, 0.25) is 0 Å². The smallest absolute Gasteiger partial charge is 0.254 e. The molecule has 0 saturated carbocycles. The highest BCUT2D eigenvalue weighted by Gasteiger charge is 2.31. The first-order chi connectivity index (χ1) is 15.4. The zero-order valence-electron chi connectivity index (χ0n) is 19.1. The van der Waals surface area contributed by atoms with Crippen molar-refractivity contribution in [2.45, 2.75) is 33.4 Å². The van der Waals surface area contributed by atoms with Crippen molar-refractivity contribution in [3.8, 4) is 0 Å². The Labute approximate surface area is 188 Å². The standard InChI is InChI=1S/C25H31FN4O2/c1-15-9-20(26)6-5-18(15)12-28-23-11-19(10-22-16(2)17(3)29-24(22)23)25(31)30-13-21(14-30)27-7-8-32-4/h5-6,9-11,21,27-29H,7-8,12-14H2,1-4H3. The van der Waals surface area contributed by atoms with Crippen LogP contribution in [-0.4, -0.2) is 55.2 Å². The number of hydrogen-bond donors (Lipinski definition) is 3. The molecule has 0 bridgehead atoms. The number of nitrogens with zero attached hydrogens (tertiary/aromatic N) is 1. The molecule has 6 nitrogen and oxygen atoms in total. The number of methoxy groups -OCH3 is 1. The molecule has 1 aromatic heterocycles. The minimum absolute atomic E-state index is 0.0379. The Morgan fingerprint density at radius 3 is 2.72 bits per heavy atom. The lowest BCUT2D eigenvalue weighted by atomic mass is 10.0. The molecule has 32 heavy (non-hydrogen) atoms. The van der Waals surface area contributed by atoms with Crippen LogP contribution in [0.2, 0.25) is 0 Å². The minimum atomic E-state index is -0.235. The van der Waals surface area contributed by atoms with E-state index in [9.17, 15) is 9.18 Å². The van der Waals surface area contributed by atoms with Crippen LogP contribution in [0.5, 0.6) is 0 Å². The van der Waals surface area contributed by atoms with Crippen LogP contribution in [0.25, 0.3) is 10.9 Å². The number of halogens is 1. The molecule has 0 aliphatic carbocycles. The van der Waals surface area contributed by atoms with E-state index in [0.29, 0.717) is 37.8 Å². The lowest BCUT2D eigenvalue weighted by molar-refractivity contribution is 0.0558. The fraction of sp³-hybridized carbons (Fsp3) is 0.400. The zero-order valence-corrected chi connectivity index (χ0v) is 19.1. The molecule has 1 saturated heterocycles. The number of fused-ring (bicyclic) bond motifs is 1. The van der Waals surface area contributed by atoms with Crippen molar-refractivity contribution in [1.82, 2.24) is 15.2 Å². The average molecular weight is 439 g/mol. The molecular formula is C25H31FN4O2. The van der Waals surface area contributed by atoms with E-state index in [1.54, 1.807) is 13.2 Å². The number of amides is 1. The van der Waals surface area contributed by atoms with E-state index in [1.165, 1.54) is 12.1 Å². The zero-order chi connectivity index (χ0) is 22.8. The summed E-state index contributed by atoms with van der Waals surface area (Å²) in [6.07, 6.45) is 0. The van der Waals surface area contributed by atoms with Gasteiger partial charge in [-0.05, 0) is 61.7 Å². The van der Waals surface area contributed by atoms with Gasteiger partial charge in [0, 0.05) is 56.0 Å². The van der Waals surface area contributed by atoms with Crippen LogP contribution in [0.15, 0.2) is 30.3 Å². The third kappa shape index (κ3) is 4.49. The first-order valence-corrected chi connectivity index (χ1v) is 11.0. The number of aromatic amines is 1. The van der Waals surface area contributed by atoms with Gasteiger partial charge in [-0.1, -0.05) is 6.07 Å². The van der Waals surface area contributed by atoms with Crippen molar-refractivity contribution in [2.24, 2.45) is 0 Å². The van der Waals surface area contributed by atoms with Crippen LogP contribution in [0.1, 0.15) is 32.7 Å². The molecule has 0 unspecified atom stereocenters. The van der Waals surface area contributed by atoms with Gasteiger partial charge in [-0.15, -0.1) is 0 Å². The number of nitrogens with one attached hydrogen (secondary N) is 3. The van der Waals surface area contributed by atoms with Gasteiger partial charge in [-0.2, -0.15) is 0 Å². The van der Waals surface area contributed by atoms with Gasteiger partial charge >= 0.3 is 0 Å². The second kappa shape index (κ2) is 9.30. The number of H-pyrrole nitrogens is 1. The van der Waals surface area contributed by atoms with Crippen LogP contribution in [-0.2, 0) is 11.3 Å². The Bertz CT molecular complexity index is 1130. The number of anilines is 1. The van der Waals surface area contributed by atoms with E-state index in [-0.39, 0.29) is 11.7 Å². The number of likely N-dealkylation sites (tertiary alicyclic amines) is 1. The van der Waals surface area contributed by atoms with E-state index >= 15 is 0 Å². The number of aryl methyl sites for hydroxylation is 3. The highest BCUT2D eigenvalue weighted by Crippen LogP contribution is 2.31. The molecular weight excluding hydrogens is 407 g/mol. The highest BCUT2D eigenvalue weighted by atomic mass is 19.1. The number of aromatic nitrogens is 1. The number of benzene rings is 2. The van der Waals surface area contributed by atoms with E-state index < -0.39 is 0 Å². The van der Waals surface area contributed by atoms with E-state index in [1.807, 2.05) is 30.9 Å². The number of ether oxygens (including phenoxy) is 1. The maximum Gasteiger partial charge on any atom is 0.254 e. The summed E-state index contributed by atoms with van der Waals surface area (Å²) in [6, 6.07) is 9.03. The molecule has 170 valence electrons. The van der Waals surface area contributed by atoms with Crippen LogP contribution in [0.4, 0.5) is 10.1 Å². The molecule has 1 aliphatic heterocycles. The van der Waals surface area contributed by atoms with Crippen molar-refractivity contribution >= 4 is 22.5 Å². The van der Waals surface area contributed by atoms with Gasteiger partial charge in [0.15, 0.2) is 0 Å². The van der Waals surface area contributed by atoms with Gasteiger partial charge in [-0.3, -0.25) is 4.79 Å². The molecule has 3 aromatic rings. The SMILES string of the molecule is COCCNC1CN(C(=O)c2cc(NCc3ccc(F)cc3C)c3[nH]c(C)c(C)c3c2)C1. The molecule has 0 atom stereocenters. The van der Waals surface area contributed by atoms with Crippen LogP contribution < -0.4 is 10.6 Å². The summed E-state index contributed by atoms with van der Waals surface area (Å²) in [4.78, 5) is 18.5. The lowest BCUT2D eigenvalue weighted by Crippen LogP contribution is -2.60. The topological polar surface area (TPSA) is 69.4 Å². The summed E-state index contributed by atoms with van der Waals surface area (Å²) >= 11 is 0. The lowest BCUT2D eigenvalue weighted by Gasteiger charge is -2.40. The maximum atomic E-state index is 13.5. The second-order valence-electron chi connectivity index (χ2n) is 8.60. The normalized spacial score (nSPS) is 14.1.